The number of non-ortho nitro benzene ring substituents is 1. The molecule has 1 rings (SSSR count). The second kappa shape index (κ2) is 7.45. The molecular formula is C12H16N2O5. The van der Waals surface area contributed by atoms with E-state index in [1.165, 1.54) is 12.1 Å². The maximum Gasteiger partial charge on any atom is 0.270 e. The largest absolute Gasteiger partial charge is 0.394 e. The number of carbonyl (C=O) groups excluding carboxylic acids is 1. The normalized spacial score (nSPS) is 10.2. The van der Waals surface area contributed by atoms with Gasteiger partial charge in [0, 0.05) is 24.2 Å². The van der Waals surface area contributed by atoms with Crippen LogP contribution < -0.4 is 5.32 Å². The maximum atomic E-state index is 11.8. The number of hydrogen-bond acceptors (Lipinski definition) is 5. The van der Waals surface area contributed by atoms with Crippen LogP contribution in [0.1, 0.15) is 15.9 Å². The fraction of sp³-hybridized carbons (Fsp3) is 0.417. The molecule has 0 spiro atoms. The number of ether oxygens (including phenoxy) is 1. The Bertz CT molecular complexity index is 461. The van der Waals surface area contributed by atoms with Crippen molar-refractivity contribution in [2.75, 3.05) is 26.4 Å². The zero-order valence-electron chi connectivity index (χ0n) is 10.6. The average Bonchev–Trinajstić information content (AvgIpc) is 2.37. The number of aliphatic hydroxyl groups is 1. The van der Waals surface area contributed by atoms with E-state index in [0.717, 1.165) is 0 Å². The number of benzene rings is 1. The first-order chi connectivity index (χ1) is 9.04. The topological polar surface area (TPSA) is 102 Å². The van der Waals surface area contributed by atoms with Gasteiger partial charge in [-0.1, -0.05) is 0 Å². The second-order valence-corrected chi connectivity index (χ2v) is 3.91. The fourth-order valence-corrected chi connectivity index (χ4v) is 1.50. The van der Waals surface area contributed by atoms with E-state index in [1.54, 1.807) is 13.0 Å². The van der Waals surface area contributed by atoms with Gasteiger partial charge in [-0.2, -0.15) is 0 Å². The van der Waals surface area contributed by atoms with Gasteiger partial charge in [-0.3, -0.25) is 14.9 Å². The van der Waals surface area contributed by atoms with Crippen LogP contribution in [0.15, 0.2) is 18.2 Å². The molecule has 0 heterocycles. The third-order valence-electron chi connectivity index (χ3n) is 2.30. The number of hydrogen-bond donors (Lipinski definition) is 2. The minimum Gasteiger partial charge on any atom is -0.394 e. The average molecular weight is 268 g/mol. The highest BCUT2D eigenvalue weighted by atomic mass is 16.6. The van der Waals surface area contributed by atoms with Crippen molar-refractivity contribution in [3.63, 3.8) is 0 Å². The molecule has 0 unspecified atom stereocenters. The van der Waals surface area contributed by atoms with Crippen molar-refractivity contribution < 1.29 is 19.6 Å². The number of nitro benzene ring substituents is 1. The molecule has 0 atom stereocenters. The predicted octanol–water partition coefficient (Wildman–Crippen LogP) is 0.642. The summed E-state index contributed by atoms with van der Waals surface area (Å²) in [6, 6.07) is 4.22. The van der Waals surface area contributed by atoms with Crippen LogP contribution in [0.5, 0.6) is 0 Å². The molecule has 0 aromatic heterocycles. The van der Waals surface area contributed by atoms with E-state index >= 15 is 0 Å². The van der Waals surface area contributed by atoms with Gasteiger partial charge in [0.2, 0.25) is 0 Å². The number of carbonyl (C=O) groups is 1. The molecule has 0 aliphatic carbocycles. The molecule has 19 heavy (non-hydrogen) atoms. The third kappa shape index (κ3) is 5.02. The first-order valence-corrected chi connectivity index (χ1v) is 5.77. The summed E-state index contributed by atoms with van der Waals surface area (Å²) in [7, 11) is 0. The van der Waals surface area contributed by atoms with E-state index in [2.05, 4.69) is 5.32 Å². The van der Waals surface area contributed by atoms with E-state index in [9.17, 15) is 14.9 Å². The molecule has 1 aromatic rings. The van der Waals surface area contributed by atoms with Crippen molar-refractivity contribution in [1.82, 2.24) is 5.32 Å². The summed E-state index contributed by atoms with van der Waals surface area (Å²) in [6.07, 6.45) is 0. The predicted molar refractivity (Wildman–Crippen MR) is 68.1 cm³/mol. The summed E-state index contributed by atoms with van der Waals surface area (Å²) in [4.78, 5) is 21.9. The number of nitrogens with one attached hydrogen (secondary N) is 1. The van der Waals surface area contributed by atoms with E-state index in [4.69, 9.17) is 9.84 Å². The highest BCUT2D eigenvalue weighted by Gasteiger charge is 2.12. The lowest BCUT2D eigenvalue weighted by Gasteiger charge is -2.06. The van der Waals surface area contributed by atoms with Gasteiger partial charge in [0.05, 0.1) is 24.7 Å². The molecule has 2 N–H and O–H groups in total. The number of nitrogens with zero attached hydrogens (tertiary/aromatic N) is 1. The van der Waals surface area contributed by atoms with Crippen LogP contribution in [0.3, 0.4) is 0 Å². The third-order valence-corrected chi connectivity index (χ3v) is 2.30. The van der Waals surface area contributed by atoms with Crippen molar-refractivity contribution in [2.24, 2.45) is 0 Å². The smallest absolute Gasteiger partial charge is 0.270 e. The summed E-state index contributed by atoms with van der Waals surface area (Å²) in [5.74, 6) is -0.389. The van der Waals surface area contributed by atoms with Crippen molar-refractivity contribution in [3.8, 4) is 0 Å². The summed E-state index contributed by atoms with van der Waals surface area (Å²) in [5.41, 5.74) is 0.784. The molecule has 0 saturated carbocycles. The maximum absolute atomic E-state index is 11.8. The molecule has 7 nitrogen and oxygen atoms in total. The minimum atomic E-state index is -0.534. The minimum absolute atomic E-state index is 0.0714. The summed E-state index contributed by atoms with van der Waals surface area (Å²) in [6.45, 7) is 2.39. The van der Waals surface area contributed by atoms with Crippen molar-refractivity contribution in [1.29, 1.82) is 0 Å². The van der Waals surface area contributed by atoms with Crippen LogP contribution in [0.4, 0.5) is 5.69 Å². The zero-order valence-corrected chi connectivity index (χ0v) is 10.6. The van der Waals surface area contributed by atoms with Crippen LogP contribution in [0, 0.1) is 17.0 Å². The molecule has 0 aliphatic heterocycles. The van der Waals surface area contributed by atoms with Crippen LogP contribution in [0.25, 0.3) is 0 Å². The Morgan fingerprint density at radius 2 is 2.16 bits per heavy atom. The van der Waals surface area contributed by atoms with Gasteiger partial charge in [0.25, 0.3) is 11.6 Å². The molecule has 104 valence electrons. The van der Waals surface area contributed by atoms with Crippen LogP contribution in [0.2, 0.25) is 0 Å². The Balaban J connectivity index is 2.59. The Kier molecular flexibility index (Phi) is 5.91. The highest BCUT2D eigenvalue weighted by Crippen LogP contribution is 2.16. The van der Waals surface area contributed by atoms with Gasteiger partial charge < -0.3 is 15.2 Å². The van der Waals surface area contributed by atoms with Crippen LogP contribution in [-0.4, -0.2) is 42.3 Å². The first kappa shape index (κ1) is 15.1. The molecule has 1 aromatic carbocycles. The molecule has 0 radical (unpaired) electrons. The molecule has 0 fully saturated rings. The number of aryl methyl sites for hydroxylation is 1. The van der Waals surface area contributed by atoms with Gasteiger partial charge in [-0.25, -0.2) is 0 Å². The van der Waals surface area contributed by atoms with E-state index in [-0.39, 0.29) is 43.5 Å². The first-order valence-electron chi connectivity index (χ1n) is 5.77. The Morgan fingerprint density at radius 3 is 2.79 bits per heavy atom. The lowest BCUT2D eigenvalue weighted by molar-refractivity contribution is -0.384. The van der Waals surface area contributed by atoms with Gasteiger partial charge in [0.1, 0.15) is 0 Å². The van der Waals surface area contributed by atoms with E-state index in [1.807, 2.05) is 0 Å². The molecule has 7 heteroatoms. The standard InChI is InChI=1S/C12H16N2O5/c1-9-6-10(8-11(7-9)14(17)18)12(16)13-2-4-19-5-3-15/h6-8,15H,2-5H2,1H3,(H,13,16). The Morgan fingerprint density at radius 1 is 1.42 bits per heavy atom. The summed E-state index contributed by atoms with van der Waals surface area (Å²) >= 11 is 0. The number of rotatable bonds is 7. The quantitative estimate of drug-likeness (QED) is 0.429. The van der Waals surface area contributed by atoms with Crippen molar-refractivity contribution >= 4 is 11.6 Å². The van der Waals surface area contributed by atoms with Crippen molar-refractivity contribution in [2.45, 2.75) is 6.92 Å². The monoisotopic (exact) mass is 268 g/mol. The van der Waals surface area contributed by atoms with Crippen LogP contribution in [-0.2, 0) is 4.74 Å². The molecule has 0 aliphatic rings. The van der Waals surface area contributed by atoms with E-state index in [0.29, 0.717) is 5.56 Å². The van der Waals surface area contributed by atoms with Gasteiger partial charge in [-0.15, -0.1) is 0 Å². The van der Waals surface area contributed by atoms with Crippen LogP contribution >= 0.6 is 0 Å². The lowest BCUT2D eigenvalue weighted by Crippen LogP contribution is -2.27. The fourth-order valence-electron chi connectivity index (χ4n) is 1.50. The van der Waals surface area contributed by atoms with Gasteiger partial charge in [-0.05, 0) is 18.6 Å². The summed E-state index contributed by atoms with van der Waals surface area (Å²) in [5, 5.41) is 21.8. The summed E-state index contributed by atoms with van der Waals surface area (Å²) < 4.78 is 4.98. The highest BCUT2D eigenvalue weighted by molar-refractivity contribution is 5.95. The molecule has 1 amide bonds. The number of nitro groups is 1. The molecular weight excluding hydrogens is 252 g/mol. The van der Waals surface area contributed by atoms with E-state index < -0.39 is 4.92 Å². The number of amides is 1. The van der Waals surface area contributed by atoms with Gasteiger partial charge >= 0.3 is 0 Å². The second-order valence-electron chi connectivity index (χ2n) is 3.91. The van der Waals surface area contributed by atoms with Gasteiger partial charge in [0.15, 0.2) is 0 Å². The molecule has 0 saturated heterocycles. The lowest BCUT2D eigenvalue weighted by atomic mass is 10.1. The molecule has 0 bridgehead atoms. The zero-order chi connectivity index (χ0) is 14.3. The Hall–Kier alpha value is -1.99. The SMILES string of the molecule is Cc1cc(C(=O)NCCOCCO)cc([N+](=O)[O-])c1. The number of aliphatic hydroxyl groups excluding tert-OH is 1. The van der Waals surface area contributed by atoms with Crippen molar-refractivity contribution in [3.05, 3.63) is 39.4 Å². The Labute approximate surface area is 110 Å².